The van der Waals surface area contributed by atoms with Gasteiger partial charge in [-0.2, -0.15) is 0 Å². The molecule has 0 heterocycles. The van der Waals surface area contributed by atoms with Crippen LogP contribution < -0.4 is 5.73 Å². The summed E-state index contributed by atoms with van der Waals surface area (Å²) in [5.74, 6) is 1.57. The lowest BCUT2D eigenvalue weighted by Gasteiger charge is -2.26. The van der Waals surface area contributed by atoms with Crippen LogP contribution in [0.25, 0.3) is 0 Å². The minimum absolute atomic E-state index is 0.761. The molecule has 0 saturated heterocycles. The fraction of sp³-hybridized carbons (Fsp3) is 1.00. The first-order valence-corrected chi connectivity index (χ1v) is 6.02. The molecule has 0 amide bonds. The third-order valence-electron chi connectivity index (χ3n) is 2.57. The van der Waals surface area contributed by atoms with Gasteiger partial charge in [-0.25, -0.2) is 0 Å². The van der Waals surface area contributed by atoms with Crippen molar-refractivity contribution in [3.05, 3.63) is 0 Å². The average Bonchev–Trinajstić information content (AvgIpc) is 2.13. The van der Waals surface area contributed by atoms with E-state index in [-0.39, 0.29) is 0 Å². The van der Waals surface area contributed by atoms with Crippen LogP contribution in [0.1, 0.15) is 40.5 Å². The highest BCUT2D eigenvalue weighted by atomic mass is 15.1. The van der Waals surface area contributed by atoms with Crippen molar-refractivity contribution in [2.75, 3.05) is 26.2 Å². The molecule has 1 unspecified atom stereocenters. The van der Waals surface area contributed by atoms with E-state index in [1.54, 1.807) is 0 Å². The molecule has 0 aromatic carbocycles. The first kappa shape index (κ1) is 13.9. The van der Waals surface area contributed by atoms with Crippen LogP contribution in [0, 0.1) is 11.8 Å². The van der Waals surface area contributed by atoms with Gasteiger partial charge >= 0.3 is 0 Å². The SMILES string of the molecule is CCC(C)CN(CCCN)CC(C)C. The molecule has 0 rings (SSSR count). The summed E-state index contributed by atoms with van der Waals surface area (Å²) in [7, 11) is 0. The maximum Gasteiger partial charge on any atom is 0.000704 e. The Balaban J connectivity index is 3.83. The monoisotopic (exact) mass is 200 g/mol. The summed E-state index contributed by atoms with van der Waals surface area (Å²) in [6, 6.07) is 0. The second kappa shape index (κ2) is 8.25. The summed E-state index contributed by atoms with van der Waals surface area (Å²) in [4.78, 5) is 2.56. The van der Waals surface area contributed by atoms with Crippen molar-refractivity contribution in [2.45, 2.75) is 40.5 Å². The Hall–Kier alpha value is -0.0800. The molecule has 0 saturated carbocycles. The molecule has 2 nitrogen and oxygen atoms in total. The maximum atomic E-state index is 5.54. The first-order chi connectivity index (χ1) is 6.60. The van der Waals surface area contributed by atoms with E-state index >= 15 is 0 Å². The fourth-order valence-corrected chi connectivity index (χ4v) is 1.66. The van der Waals surface area contributed by atoms with Gasteiger partial charge in [0.05, 0.1) is 0 Å². The minimum atomic E-state index is 0.761. The molecule has 0 bridgehead atoms. The van der Waals surface area contributed by atoms with Crippen LogP contribution in [0.4, 0.5) is 0 Å². The summed E-state index contributed by atoms with van der Waals surface area (Å²) in [6.45, 7) is 13.6. The zero-order chi connectivity index (χ0) is 11.0. The number of nitrogens with two attached hydrogens (primary N) is 1. The number of rotatable bonds is 8. The van der Waals surface area contributed by atoms with E-state index in [1.165, 1.54) is 26.1 Å². The molecule has 1 atom stereocenters. The second-order valence-corrected chi connectivity index (χ2v) is 4.81. The van der Waals surface area contributed by atoms with Crippen LogP contribution in [0.2, 0.25) is 0 Å². The highest BCUT2D eigenvalue weighted by Crippen LogP contribution is 2.07. The van der Waals surface area contributed by atoms with Crippen molar-refractivity contribution in [1.82, 2.24) is 4.90 Å². The fourth-order valence-electron chi connectivity index (χ4n) is 1.66. The number of hydrogen-bond donors (Lipinski definition) is 1. The lowest BCUT2D eigenvalue weighted by atomic mass is 10.1. The molecular weight excluding hydrogens is 172 g/mol. The van der Waals surface area contributed by atoms with Crippen LogP contribution in [0.3, 0.4) is 0 Å². The molecule has 0 aliphatic carbocycles. The highest BCUT2D eigenvalue weighted by Gasteiger charge is 2.09. The molecule has 0 spiro atoms. The summed E-state index contributed by atoms with van der Waals surface area (Å²) in [5.41, 5.74) is 5.54. The predicted molar refractivity (Wildman–Crippen MR) is 64.4 cm³/mol. The van der Waals surface area contributed by atoms with Gasteiger partial charge in [-0.1, -0.05) is 34.1 Å². The topological polar surface area (TPSA) is 29.3 Å². The zero-order valence-corrected chi connectivity index (χ0v) is 10.4. The standard InChI is InChI=1S/C12H28N2/c1-5-12(4)10-14(8-6-7-13)9-11(2)3/h11-12H,5-10,13H2,1-4H3. The van der Waals surface area contributed by atoms with Gasteiger partial charge in [0.25, 0.3) is 0 Å². The molecular formula is C12H28N2. The Kier molecular flexibility index (Phi) is 8.20. The summed E-state index contributed by atoms with van der Waals surface area (Å²) in [6.07, 6.45) is 2.40. The lowest BCUT2D eigenvalue weighted by molar-refractivity contribution is 0.210. The lowest BCUT2D eigenvalue weighted by Crippen LogP contribution is -2.33. The number of hydrogen-bond acceptors (Lipinski definition) is 2. The highest BCUT2D eigenvalue weighted by molar-refractivity contribution is 4.64. The van der Waals surface area contributed by atoms with Crippen molar-refractivity contribution in [3.8, 4) is 0 Å². The van der Waals surface area contributed by atoms with Gasteiger partial charge in [0.15, 0.2) is 0 Å². The van der Waals surface area contributed by atoms with Crippen LogP contribution in [-0.4, -0.2) is 31.1 Å². The van der Waals surface area contributed by atoms with E-state index in [2.05, 4.69) is 32.6 Å². The first-order valence-electron chi connectivity index (χ1n) is 6.02. The second-order valence-electron chi connectivity index (χ2n) is 4.81. The van der Waals surface area contributed by atoms with Gasteiger partial charge in [0.2, 0.25) is 0 Å². The van der Waals surface area contributed by atoms with Gasteiger partial charge in [0, 0.05) is 13.1 Å². The van der Waals surface area contributed by atoms with Gasteiger partial charge in [-0.05, 0) is 31.3 Å². The van der Waals surface area contributed by atoms with E-state index in [1.807, 2.05) is 0 Å². The van der Waals surface area contributed by atoms with Crippen LogP contribution in [-0.2, 0) is 0 Å². The normalized spacial score (nSPS) is 13.9. The van der Waals surface area contributed by atoms with Gasteiger partial charge in [0.1, 0.15) is 0 Å². The molecule has 0 aromatic heterocycles. The van der Waals surface area contributed by atoms with E-state index < -0.39 is 0 Å². The van der Waals surface area contributed by atoms with E-state index in [0.29, 0.717) is 0 Å². The molecule has 0 fully saturated rings. The molecule has 0 aliphatic rings. The van der Waals surface area contributed by atoms with E-state index in [4.69, 9.17) is 5.73 Å². The largest absolute Gasteiger partial charge is 0.330 e. The Labute approximate surface area is 89.9 Å². The van der Waals surface area contributed by atoms with Crippen molar-refractivity contribution in [3.63, 3.8) is 0 Å². The van der Waals surface area contributed by atoms with Crippen molar-refractivity contribution < 1.29 is 0 Å². The van der Waals surface area contributed by atoms with Crippen LogP contribution in [0.15, 0.2) is 0 Å². The van der Waals surface area contributed by atoms with Gasteiger partial charge in [-0.15, -0.1) is 0 Å². The molecule has 86 valence electrons. The molecule has 2 N–H and O–H groups in total. The Morgan fingerprint density at radius 2 is 1.79 bits per heavy atom. The van der Waals surface area contributed by atoms with Gasteiger partial charge < -0.3 is 10.6 Å². The Morgan fingerprint density at radius 3 is 2.21 bits per heavy atom. The quantitative estimate of drug-likeness (QED) is 0.651. The molecule has 0 aromatic rings. The number of nitrogens with zero attached hydrogens (tertiary/aromatic N) is 1. The van der Waals surface area contributed by atoms with Crippen LogP contribution >= 0.6 is 0 Å². The van der Waals surface area contributed by atoms with Crippen molar-refractivity contribution in [2.24, 2.45) is 17.6 Å². The van der Waals surface area contributed by atoms with Gasteiger partial charge in [-0.3, -0.25) is 0 Å². The Bertz CT molecular complexity index is 123. The molecule has 0 aliphatic heterocycles. The average molecular weight is 200 g/mol. The minimum Gasteiger partial charge on any atom is -0.330 e. The predicted octanol–water partition coefficient (Wildman–Crippen LogP) is 2.34. The Morgan fingerprint density at radius 1 is 1.14 bits per heavy atom. The summed E-state index contributed by atoms with van der Waals surface area (Å²) >= 11 is 0. The summed E-state index contributed by atoms with van der Waals surface area (Å²) < 4.78 is 0. The van der Waals surface area contributed by atoms with Crippen molar-refractivity contribution >= 4 is 0 Å². The van der Waals surface area contributed by atoms with Crippen LogP contribution in [0.5, 0.6) is 0 Å². The van der Waals surface area contributed by atoms with Crippen molar-refractivity contribution in [1.29, 1.82) is 0 Å². The summed E-state index contributed by atoms with van der Waals surface area (Å²) in [5, 5.41) is 0. The van der Waals surface area contributed by atoms with E-state index in [9.17, 15) is 0 Å². The molecule has 14 heavy (non-hydrogen) atoms. The smallest absolute Gasteiger partial charge is 0.000704 e. The zero-order valence-electron chi connectivity index (χ0n) is 10.4. The maximum absolute atomic E-state index is 5.54. The third-order valence-corrected chi connectivity index (χ3v) is 2.57. The molecule has 2 heteroatoms. The van der Waals surface area contributed by atoms with E-state index in [0.717, 1.165) is 24.8 Å². The third kappa shape index (κ3) is 7.34. The molecule has 0 radical (unpaired) electrons.